The molecule has 2 aromatic carbocycles. The molecule has 2 N–H and O–H groups in total. The Morgan fingerprint density at radius 2 is 1.82 bits per heavy atom. The Kier molecular flexibility index (Phi) is 4.55. The normalized spacial score (nSPS) is 16.2. The first-order valence-corrected chi connectivity index (χ1v) is 7.94. The average Bonchev–Trinajstić information content (AvgIpc) is 2.89. The molecular formula is C17H16Cl2N2O. The number of amides is 2. The van der Waals surface area contributed by atoms with Crippen molar-refractivity contribution in [1.29, 1.82) is 0 Å². The summed E-state index contributed by atoms with van der Waals surface area (Å²) in [5, 5.41) is 7.32. The van der Waals surface area contributed by atoms with Crippen LogP contribution >= 0.6 is 23.2 Å². The van der Waals surface area contributed by atoms with Gasteiger partial charge in [-0.05, 0) is 53.8 Å². The van der Waals surface area contributed by atoms with Crippen molar-refractivity contribution in [2.24, 2.45) is 0 Å². The number of benzene rings is 2. The molecule has 2 amide bonds. The number of hydrogen-bond donors (Lipinski definition) is 2. The van der Waals surface area contributed by atoms with Gasteiger partial charge in [0.1, 0.15) is 0 Å². The second-order valence-corrected chi connectivity index (χ2v) is 6.26. The van der Waals surface area contributed by atoms with Gasteiger partial charge < -0.3 is 10.6 Å². The summed E-state index contributed by atoms with van der Waals surface area (Å²) in [6.45, 7) is 0.475. The Hall–Kier alpha value is -1.71. The third kappa shape index (κ3) is 3.54. The van der Waals surface area contributed by atoms with E-state index >= 15 is 0 Å². The van der Waals surface area contributed by atoms with Gasteiger partial charge in [-0.1, -0.05) is 41.4 Å². The van der Waals surface area contributed by atoms with Crippen LogP contribution in [0.25, 0.3) is 0 Å². The molecule has 3 rings (SSSR count). The molecule has 1 aliphatic carbocycles. The number of hydrogen-bond acceptors (Lipinski definition) is 1. The first-order chi connectivity index (χ1) is 10.6. The molecule has 114 valence electrons. The zero-order valence-electron chi connectivity index (χ0n) is 11.9. The maximum absolute atomic E-state index is 12.0. The lowest BCUT2D eigenvalue weighted by atomic mass is 10.1. The Balaban J connectivity index is 1.56. The van der Waals surface area contributed by atoms with E-state index in [1.165, 1.54) is 5.56 Å². The van der Waals surface area contributed by atoms with Gasteiger partial charge in [0.25, 0.3) is 0 Å². The molecule has 0 saturated carbocycles. The van der Waals surface area contributed by atoms with E-state index in [4.69, 9.17) is 23.2 Å². The van der Waals surface area contributed by atoms with E-state index in [9.17, 15) is 4.79 Å². The summed E-state index contributed by atoms with van der Waals surface area (Å²) in [7, 11) is 0. The van der Waals surface area contributed by atoms with Crippen molar-refractivity contribution in [3.63, 3.8) is 0 Å². The van der Waals surface area contributed by atoms with Gasteiger partial charge in [-0.15, -0.1) is 0 Å². The van der Waals surface area contributed by atoms with E-state index in [1.54, 1.807) is 0 Å². The van der Waals surface area contributed by atoms with Crippen molar-refractivity contribution < 1.29 is 4.79 Å². The molecule has 0 bridgehead atoms. The van der Waals surface area contributed by atoms with Crippen molar-refractivity contribution in [1.82, 2.24) is 10.6 Å². The lowest BCUT2D eigenvalue weighted by Crippen LogP contribution is -2.36. The number of halogens is 2. The third-order valence-electron chi connectivity index (χ3n) is 3.85. The fraction of sp³-hybridized carbons (Fsp3) is 0.235. The van der Waals surface area contributed by atoms with E-state index in [2.05, 4.69) is 10.6 Å². The number of carbonyl (C=O) groups is 1. The van der Waals surface area contributed by atoms with Crippen molar-refractivity contribution in [3.05, 3.63) is 69.2 Å². The second kappa shape index (κ2) is 6.59. The molecule has 1 atom stereocenters. The Morgan fingerprint density at radius 1 is 1.09 bits per heavy atom. The fourth-order valence-corrected chi connectivity index (χ4v) is 3.05. The van der Waals surface area contributed by atoms with Gasteiger partial charge in [0.15, 0.2) is 0 Å². The highest BCUT2D eigenvalue weighted by Crippen LogP contribution is 2.32. The Bertz CT molecular complexity index is 686. The summed E-state index contributed by atoms with van der Waals surface area (Å²) < 4.78 is 0. The van der Waals surface area contributed by atoms with E-state index in [-0.39, 0.29) is 12.1 Å². The molecule has 0 radical (unpaired) electrons. The first-order valence-electron chi connectivity index (χ1n) is 7.19. The molecule has 0 aromatic heterocycles. The first kappa shape index (κ1) is 15.2. The van der Waals surface area contributed by atoms with Crippen LogP contribution in [0.2, 0.25) is 10.0 Å². The summed E-state index contributed by atoms with van der Waals surface area (Å²) in [6, 6.07) is 13.1. The lowest BCUT2D eigenvalue weighted by Gasteiger charge is -2.15. The molecule has 2 aromatic rings. The van der Waals surface area contributed by atoms with Crippen LogP contribution in [-0.2, 0) is 13.0 Å². The molecule has 1 aliphatic rings. The minimum Gasteiger partial charge on any atom is -0.334 e. The summed E-state index contributed by atoms with van der Waals surface area (Å²) in [6.07, 6.45) is 1.85. The van der Waals surface area contributed by atoms with E-state index in [0.29, 0.717) is 11.6 Å². The van der Waals surface area contributed by atoms with Crippen LogP contribution in [0.1, 0.15) is 29.2 Å². The minimum absolute atomic E-state index is 0.0532. The van der Waals surface area contributed by atoms with Gasteiger partial charge in [0.2, 0.25) is 0 Å². The van der Waals surface area contributed by atoms with Gasteiger partial charge in [0, 0.05) is 16.6 Å². The van der Waals surface area contributed by atoms with E-state index < -0.39 is 0 Å². The van der Waals surface area contributed by atoms with Crippen molar-refractivity contribution in [2.45, 2.75) is 25.4 Å². The standard InChI is InChI=1S/C17H16Cl2N2O/c18-13-4-1-11(2-5-13)10-20-17(22)21-16-8-3-12-9-14(19)6-7-15(12)16/h1-2,4-7,9,16H,3,8,10H2,(H2,20,21,22). The number of rotatable bonds is 3. The predicted molar refractivity (Wildman–Crippen MR) is 89.3 cm³/mol. The third-order valence-corrected chi connectivity index (χ3v) is 4.34. The SMILES string of the molecule is O=C(NCc1ccc(Cl)cc1)NC1CCc2cc(Cl)ccc21. The number of fused-ring (bicyclic) bond motifs is 1. The van der Waals surface area contributed by atoms with Crippen molar-refractivity contribution >= 4 is 29.2 Å². The highest BCUT2D eigenvalue weighted by molar-refractivity contribution is 6.30. The van der Waals surface area contributed by atoms with Crippen LogP contribution in [0, 0.1) is 0 Å². The molecule has 0 spiro atoms. The van der Waals surface area contributed by atoms with Crippen LogP contribution in [0.4, 0.5) is 4.79 Å². The maximum Gasteiger partial charge on any atom is 0.315 e. The maximum atomic E-state index is 12.0. The van der Waals surface area contributed by atoms with Gasteiger partial charge in [-0.3, -0.25) is 0 Å². The van der Waals surface area contributed by atoms with Crippen LogP contribution < -0.4 is 10.6 Å². The average molecular weight is 335 g/mol. The Morgan fingerprint density at radius 3 is 2.59 bits per heavy atom. The molecule has 0 aliphatic heterocycles. The molecule has 0 fully saturated rings. The zero-order valence-corrected chi connectivity index (χ0v) is 13.4. The van der Waals surface area contributed by atoms with Gasteiger partial charge in [0.05, 0.1) is 6.04 Å². The topological polar surface area (TPSA) is 41.1 Å². The molecular weight excluding hydrogens is 319 g/mol. The van der Waals surface area contributed by atoms with E-state index in [1.807, 2.05) is 42.5 Å². The van der Waals surface area contributed by atoms with Crippen LogP contribution in [0.5, 0.6) is 0 Å². The summed E-state index contributed by atoms with van der Waals surface area (Å²) >= 11 is 11.8. The number of aryl methyl sites for hydroxylation is 1. The summed E-state index contributed by atoms with van der Waals surface area (Å²) in [4.78, 5) is 12.0. The van der Waals surface area contributed by atoms with Crippen molar-refractivity contribution in [3.8, 4) is 0 Å². The van der Waals surface area contributed by atoms with E-state index in [0.717, 1.165) is 29.0 Å². The molecule has 3 nitrogen and oxygen atoms in total. The highest BCUT2D eigenvalue weighted by Gasteiger charge is 2.23. The van der Waals surface area contributed by atoms with Crippen molar-refractivity contribution in [2.75, 3.05) is 0 Å². The van der Waals surface area contributed by atoms with Gasteiger partial charge in [-0.25, -0.2) is 4.79 Å². The predicted octanol–water partition coefficient (Wildman–Crippen LogP) is 4.48. The van der Waals surface area contributed by atoms with Crippen LogP contribution in [-0.4, -0.2) is 6.03 Å². The minimum atomic E-state index is -0.164. The second-order valence-electron chi connectivity index (χ2n) is 5.39. The van der Waals surface area contributed by atoms with Crippen LogP contribution in [0.15, 0.2) is 42.5 Å². The molecule has 22 heavy (non-hydrogen) atoms. The van der Waals surface area contributed by atoms with Crippen LogP contribution in [0.3, 0.4) is 0 Å². The highest BCUT2D eigenvalue weighted by atomic mass is 35.5. The molecule has 0 heterocycles. The summed E-state index contributed by atoms with van der Waals surface area (Å²) in [5.41, 5.74) is 3.39. The number of nitrogens with one attached hydrogen (secondary N) is 2. The van der Waals surface area contributed by atoms with Gasteiger partial charge in [-0.2, -0.15) is 0 Å². The smallest absolute Gasteiger partial charge is 0.315 e. The number of carbonyl (C=O) groups excluding carboxylic acids is 1. The quantitative estimate of drug-likeness (QED) is 0.853. The lowest BCUT2D eigenvalue weighted by molar-refractivity contribution is 0.236. The molecule has 1 unspecified atom stereocenters. The summed E-state index contributed by atoms with van der Waals surface area (Å²) in [5.74, 6) is 0. The molecule has 5 heteroatoms. The largest absolute Gasteiger partial charge is 0.334 e. The zero-order chi connectivity index (χ0) is 15.5. The monoisotopic (exact) mass is 334 g/mol. The van der Waals surface area contributed by atoms with Gasteiger partial charge >= 0.3 is 6.03 Å². The Labute approximate surface area is 139 Å². The molecule has 0 saturated heterocycles. The fourth-order valence-electron chi connectivity index (χ4n) is 2.73. The number of urea groups is 1.